The topological polar surface area (TPSA) is 123 Å². The Morgan fingerprint density at radius 2 is 1.93 bits per heavy atom. The van der Waals surface area contributed by atoms with E-state index in [-0.39, 0.29) is 28.9 Å². The summed E-state index contributed by atoms with van der Waals surface area (Å²) >= 11 is 0. The van der Waals surface area contributed by atoms with Crippen molar-refractivity contribution >= 4 is 40.0 Å². The Kier molecular flexibility index (Phi) is 9.19. The summed E-state index contributed by atoms with van der Waals surface area (Å²) < 4.78 is 27.8. The van der Waals surface area contributed by atoms with Crippen molar-refractivity contribution in [1.82, 2.24) is 15.8 Å². The van der Waals surface area contributed by atoms with Gasteiger partial charge in [0.2, 0.25) is 10.0 Å². The van der Waals surface area contributed by atoms with Gasteiger partial charge in [0.05, 0.1) is 17.1 Å². The highest BCUT2D eigenvalue weighted by Crippen LogP contribution is 2.13. The first-order chi connectivity index (χ1) is 12.3. The van der Waals surface area contributed by atoms with Crippen LogP contribution in [-0.2, 0) is 23.0 Å². The molecule has 2 aromatic rings. The van der Waals surface area contributed by atoms with Crippen molar-refractivity contribution in [3.63, 3.8) is 0 Å². The van der Waals surface area contributed by atoms with E-state index in [0.717, 1.165) is 17.0 Å². The van der Waals surface area contributed by atoms with Crippen LogP contribution in [0.2, 0.25) is 0 Å². The average Bonchev–Trinajstić information content (AvgIpc) is 3.07. The molecule has 0 saturated heterocycles. The molecule has 1 aromatic heterocycles. The van der Waals surface area contributed by atoms with E-state index in [9.17, 15) is 8.42 Å². The van der Waals surface area contributed by atoms with Crippen LogP contribution in [0, 0.1) is 0 Å². The fraction of sp³-hybridized carbons (Fsp3) is 0.412. The number of nitrogens with one attached hydrogen (secondary N) is 2. The first kappa shape index (κ1) is 23.4. The molecule has 0 radical (unpaired) electrons. The number of aliphatic imine (C=N–C) groups is 1. The normalized spacial score (nSPS) is 12.0. The van der Waals surface area contributed by atoms with Crippen molar-refractivity contribution in [2.24, 2.45) is 10.1 Å². The Morgan fingerprint density at radius 3 is 2.44 bits per heavy atom. The summed E-state index contributed by atoms with van der Waals surface area (Å²) in [6, 6.07) is 8.44. The van der Waals surface area contributed by atoms with Gasteiger partial charge in [-0.2, -0.15) is 0 Å². The van der Waals surface area contributed by atoms with Gasteiger partial charge in [0, 0.05) is 19.7 Å². The van der Waals surface area contributed by atoms with Crippen molar-refractivity contribution in [3.05, 3.63) is 47.3 Å². The van der Waals surface area contributed by atoms with Crippen LogP contribution in [0.3, 0.4) is 0 Å². The summed E-state index contributed by atoms with van der Waals surface area (Å²) in [6.45, 7) is 5.25. The van der Waals surface area contributed by atoms with Crippen molar-refractivity contribution in [3.8, 4) is 0 Å². The van der Waals surface area contributed by atoms with E-state index in [0.29, 0.717) is 31.4 Å². The molecule has 0 atom stereocenters. The maximum atomic E-state index is 11.2. The maximum Gasteiger partial charge on any atom is 0.238 e. The van der Waals surface area contributed by atoms with Gasteiger partial charge in [0.15, 0.2) is 11.7 Å². The predicted molar refractivity (Wildman–Crippen MR) is 116 cm³/mol. The molecule has 0 amide bonds. The molecule has 0 saturated carbocycles. The van der Waals surface area contributed by atoms with Gasteiger partial charge in [-0.1, -0.05) is 31.1 Å². The van der Waals surface area contributed by atoms with Crippen molar-refractivity contribution in [2.75, 3.05) is 13.6 Å². The van der Waals surface area contributed by atoms with Crippen molar-refractivity contribution in [2.45, 2.75) is 37.6 Å². The minimum absolute atomic E-state index is 0. The summed E-state index contributed by atoms with van der Waals surface area (Å²) in [5.41, 5.74) is 1.92. The van der Waals surface area contributed by atoms with Gasteiger partial charge in [-0.15, -0.1) is 24.0 Å². The second kappa shape index (κ2) is 10.6. The number of nitrogens with two attached hydrogens (primary N) is 1. The Balaban J connectivity index is 0.00000364. The Labute approximate surface area is 177 Å². The van der Waals surface area contributed by atoms with E-state index in [4.69, 9.17) is 9.66 Å². The lowest BCUT2D eigenvalue weighted by Gasteiger charge is -2.10. The third-order valence-corrected chi connectivity index (χ3v) is 4.71. The van der Waals surface area contributed by atoms with E-state index in [1.807, 2.05) is 6.07 Å². The maximum absolute atomic E-state index is 11.2. The fourth-order valence-corrected chi connectivity index (χ4v) is 2.76. The zero-order valence-electron chi connectivity index (χ0n) is 15.6. The number of rotatable bonds is 7. The van der Waals surface area contributed by atoms with Crippen LogP contribution in [0.4, 0.5) is 0 Å². The zero-order valence-corrected chi connectivity index (χ0v) is 18.7. The molecule has 27 heavy (non-hydrogen) atoms. The van der Waals surface area contributed by atoms with Gasteiger partial charge in [-0.05, 0) is 30.0 Å². The monoisotopic (exact) mass is 507 g/mol. The lowest BCUT2D eigenvalue weighted by atomic mass is 10.1. The molecule has 150 valence electrons. The lowest BCUT2D eigenvalue weighted by molar-refractivity contribution is 0.372. The quantitative estimate of drug-likeness (QED) is 0.299. The molecule has 0 bridgehead atoms. The molecule has 1 aromatic carbocycles. The Hall–Kier alpha value is -1.66. The third-order valence-electron chi connectivity index (χ3n) is 3.78. The molecule has 0 fully saturated rings. The Morgan fingerprint density at radius 1 is 1.26 bits per heavy atom. The Bertz CT molecular complexity index is 848. The second-order valence-electron chi connectivity index (χ2n) is 6.16. The van der Waals surface area contributed by atoms with Crippen LogP contribution >= 0.6 is 24.0 Å². The zero-order chi connectivity index (χ0) is 19.2. The molecule has 4 N–H and O–H groups in total. The number of guanidine groups is 1. The van der Waals surface area contributed by atoms with Gasteiger partial charge < -0.3 is 15.2 Å². The van der Waals surface area contributed by atoms with Gasteiger partial charge in [-0.3, -0.25) is 4.99 Å². The smallest absolute Gasteiger partial charge is 0.238 e. The number of benzene rings is 1. The van der Waals surface area contributed by atoms with Crippen LogP contribution in [0.1, 0.15) is 36.8 Å². The van der Waals surface area contributed by atoms with E-state index in [2.05, 4.69) is 34.6 Å². The van der Waals surface area contributed by atoms with Crippen LogP contribution in [0.5, 0.6) is 0 Å². The second-order valence-corrected chi connectivity index (χ2v) is 7.73. The number of nitrogens with zero attached hydrogens (tertiary/aromatic N) is 2. The molecule has 1 heterocycles. The summed E-state index contributed by atoms with van der Waals surface area (Å²) in [4.78, 5) is 4.27. The number of aromatic nitrogens is 1. The number of hydrogen-bond donors (Lipinski definition) is 3. The average molecular weight is 507 g/mol. The van der Waals surface area contributed by atoms with Gasteiger partial charge in [-0.25, -0.2) is 13.6 Å². The molecule has 0 aliphatic carbocycles. The van der Waals surface area contributed by atoms with Crippen LogP contribution < -0.4 is 15.8 Å². The highest BCUT2D eigenvalue weighted by Gasteiger charge is 2.09. The van der Waals surface area contributed by atoms with Gasteiger partial charge >= 0.3 is 0 Å². The minimum atomic E-state index is -3.65. The van der Waals surface area contributed by atoms with E-state index in [1.165, 1.54) is 12.1 Å². The molecular formula is C17H26IN5O3S. The van der Waals surface area contributed by atoms with Crippen LogP contribution in [0.25, 0.3) is 0 Å². The summed E-state index contributed by atoms with van der Waals surface area (Å²) in [7, 11) is -1.96. The van der Waals surface area contributed by atoms with Crippen LogP contribution in [-0.4, -0.2) is 33.1 Å². The van der Waals surface area contributed by atoms with Gasteiger partial charge in [0.25, 0.3) is 0 Å². The molecule has 0 unspecified atom stereocenters. The first-order valence-electron chi connectivity index (χ1n) is 8.31. The minimum Gasteiger partial charge on any atom is -0.359 e. The molecule has 0 aliphatic rings. The number of halogens is 1. The third kappa shape index (κ3) is 7.46. The highest BCUT2D eigenvalue weighted by atomic mass is 127. The summed E-state index contributed by atoms with van der Waals surface area (Å²) in [6.07, 6.45) is 0.714. The van der Waals surface area contributed by atoms with Crippen LogP contribution in [0.15, 0.2) is 44.7 Å². The van der Waals surface area contributed by atoms with E-state index >= 15 is 0 Å². The van der Waals surface area contributed by atoms with Crippen molar-refractivity contribution < 1.29 is 12.9 Å². The number of primary sulfonamides is 1. The molecule has 0 spiro atoms. The first-order valence-corrected chi connectivity index (χ1v) is 9.86. The summed E-state index contributed by atoms with van der Waals surface area (Å²) in [5.74, 6) is 1.72. The molecule has 10 heteroatoms. The van der Waals surface area contributed by atoms with Gasteiger partial charge in [0.1, 0.15) is 0 Å². The summed E-state index contributed by atoms with van der Waals surface area (Å²) in [5, 5.41) is 15.5. The van der Waals surface area contributed by atoms with Crippen molar-refractivity contribution in [1.29, 1.82) is 0 Å². The molecule has 8 nitrogen and oxygen atoms in total. The number of sulfonamides is 1. The standard InChI is InChI=1S/C17H25N5O3S.HI/c1-12(2)16-10-14(25-22-16)11-21-17(19-3)20-9-8-13-4-6-15(7-5-13)26(18,23)24;/h4-7,10,12H,8-9,11H2,1-3H3,(H2,18,23,24)(H2,19,20,21);1H. The highest BCUT2D eigenvalue weighted by molar-refractivity contribution is 14.0. The molecular weight excluding hydrogens is 481 g/mol. The molecule has 2 rings (SSSR count). The van der Waals surface area contributed by atoms with E-state index < -0.39 is 10.0 Å². The molecule has 0 aliphatic heterocycles. The SMILES string of the molecule is CN=C(NCCc1ccc(S(N)(=O)=O)cc1)NCc1cc(C(C)C)no1.I. The predicted octanol–water partition coefficient (Wildman–Crippen LogP) is 1.97. The van der Waals surface area contributed by atoms with E-state index in [1.54, 1.807) is 19.2 Å². The number of hydrogen-bond acceptors (Lipinski definition) is 5. The lowest BCUT2D eigenvalue weighted by Crippen LogP contribution is -2.37. The largest absolute Gasteiger partial charge is 0.359 e. The fourth-order valence-electron chi connectivity index (χ4n) is 2.25.